The lowest BCUT2D eigenvalue weighted by Crippen LogP contribution is -2.07. The lowest BCUT2D eigenvalue weighted by molar-refractivity contribution is -0.129. The summed E-state index contributed by atoms with van der Waals surface area (Å²) in [6, 6.07) is 14.9. The summed E-state index contributed by atoms with van der Waals surface area (Å²) >= 11 is 0. The molecule has 126 valence electrons. The van der Waals surface area contributed by atoms with E-state index in [-0.39, 0.29) is 17.5 Å². The summed E-state index contributed by atoms with van der Waals surface area (Å²) in [7, 11) is 0. The average Bonchev–Trinajstić information content (AvgIpc) is 2.96. The van der Waals surface area contributed by atoms with Crippen LogP contribution in [0.3, 0.4) is 0 Å². The van der Waals surface area contributed by atoms with E-state index in [9.17, 15) is 9.59 Å². The number of ether oxygens (including phenoxy) is 1. The summed E-state index contributed by atoms with van der Waals surface area (Å²) in [4.78, 5) is 27.4. The van der Waals surface area contributed by atoms with Crippen molar-refractivity contribution in [2.45, 2.75) is 20.3 Å². The number of amides is 1. The van der Waals surface area contributed by atoms with Gasteiger partial charge >= 0.3 is 5.97 Å². The van der Waals surface area contributed by atoms with Gasteiger partial charge < -0.3 is 10.1 Å². The standard InChI is InChI=1S/C20H18N2O3/c1-3-14-4-6-15(7-5-14)12-18-20(24)25-19(22-18)16-8-10-17(11-9-16)21-13(2)23/h4-12H,3H2,1-2H3,(H,21,23)/b18-12+. The van der Waals surface area contributed by atoms with Gasteiger partial charge in [0.1, 0.15) is 0 Å². The molecule has 0 spiro atoms. The van der Waals surface area contributed by atoms with E-state index in [0.717, 1.165) is 12.0 Å². The summed E-state index contributed by atoms with van der Waals surface area (Å²) in [5, 5.41) is 2.68. The van der Waals surface area contributed by atoms with Gasteiger partial charge in [0.05, 0.1) is 0 Å². The van der Waals surface area contributed by atoms with Crippen LogP contribution in [0.5, 0.6) is 0 Å². The SMILES string of the molecule is CCc1ccc(/C=C2/N=C(c3ccc(NC(C)=O)cc3)OC2=O)cc1. The number of cyclic esters (lactones) is 1. The molecule has 2 aromatic rings. The monoisotopic (exact) mass is 334 g/mol. The number of aliphatic imine (C=N–C) groups is 1. The van der Waals surface area contributed by atoms with Gasteiger partial charge in [-0.05, 0) is 47.9 Å². The predicted molar refractivity (Wildman–Crippen MR) is 97.2 cm³/mol. The highest BCUT2D eigenvalue weighted by atomic mass is 16.6. The maximum Gasteiger partial charge on any atom is 0.363 e. The van der Waals surface area contributed by atoms with E-state index in [2.05, 4.69) is 17.2 Å². The maximum atomic E-state index is 12.0. The Kier molecular flexibility index (Phi) is 4.75. The Balaban J connectivity index is 1.81. The van der Waals surface area contributed by atoms with Crippen LogP contribution in [0.2, 0.25) is 0 Å². The van der Waals surface area contributed by atoms with E-state index >= 15 is 0 Å². The molecule has 0 saturated carbocycles. The molecule has 1 amide bonds. The Morgan fingerprint density at radius 3 is 2.40 bits per heavy atom. The highest BCUT2D eigenvalue weighted by molar-refractivity contribution is 6.13. The molecule has 0 atom stereocenters. The van der Waals surface area contributed by atoms with Gasteiger partial charge in [-0.3, -0.25) is 4.79 Å². The van der Waals surface area contributed by atoms with Crippen LogP contribution in [0.15, 0.2) is 59.2 Å². The second kappa shape index (κ2) is 7.13. The lowest BCUT2D eigenvalue weighted by Gasteiger charge is -2.03. The van der Waals surface area contributed by atoms with Crippen molar-refractivity contribution in [3.05, 3.63) is 70.9 Å². The number of benzene rings is 2. The van der Waals surface area contributed by atoms with Gasteiger partial charge in [-0.15, -0.1) is 0 Å². The minimum atomic E-state index is -0.472. The van der Waals surface area contributed by atoms with Crippen LogP contribution in [0.4, 0.5) is 5.69 Å². The van der Waals surface area contributed by atoms with Crippen molar-refractivity contribution < 1.29 is 14.3 Å². The fraction of sp³-hybridized carbons (Fsp3) is 0.150. The maximum absolute atomic E-state index is 12.0. The Morgan fingerprint density at radius 1 is 1.12 bits per heavy atom. The molecule has 0 aromatic heterocycles. The van der Waals surface area contributed by atoms with E-state index in [1.807, 2.05) is 24.3 Å². The Hall–Kier alpha value is -3.21. The van der Waals surface area contributed by atoms with Gasteiger partial charge in [0.2, 0.25) is 11.8 Å². The molecular formula is C20H18N2O3. The molecule has 0 radical (unpaired) electrons. The Morgan fingerprint density at radius 2 is 1.80 bits per heavy atom. The number of rotatable bonds is 4. The first-order valence-electron chi connectivity index (χ1n) is 8.04. The fourth-order valence-electron chi connectivity index (χ4n) is 2.44. The van der Waals surface area contributed by atoms with Gasteiger partial charge in [-0.2, -0.15) is 0 Å². The summed E-state index contributed by atoms with van der Waals surface area (Å²) in [6.07, 6.45) is 2.68. The molecule has 1 heterocycles. The predicted octanol–water partition coefficient (Wildman–Crippen LogP) is 3.55. The minimum absolute atomic E-state index is 0.142. The van der Waals surface area contributed by atoms with Crippen LogP contribution < -0.4 is 5.32 Å². The van der Waals surface area contributed by atoms with Crippen LogP contribution in [0.1, 0.15) is 30.5 Å². The first-order chi connectivity index (χ1) is 12.0. The number of aryl methyl sites for hydroxylation is 1. The molecule has 0 fully saturated rings. The van der Waals surface area contributed by atoms with Crippen molar-refractivity contribution in [1.29, 1.82) is 0 Å². The number of hydrogen-bond donors (Lipinski definition) is 1. The quantitative estimate of drug-likeness (QED) is 0.687. The van der Waals surface area contributed by atoms with E-state index in [1.165, 1.54) is 12.5 Å². The molecule has 25 heavy (non-hydrogen) atoms. The largest absolute Gasteiger partial charge is 0.402 e. The molecule has 5 nitrogen and oxygen atoms in total. The molecule has 1 aliphatic rings. The second-order valence-electron chi connectivity index (χ2n) is 5.69. The van der Waals surface area contributed by atoms with Crippen LogP contribution in [0, 0.1) is 0 Å². The smallest absolute Gasteiger partial charge is 0.363 e. The van der Waals surface area contributed by atoms with E-state index in [1.54, 1.807) is 30.3 Å². The number of nitrogens with one attached hydrogen (secondary N) is 1. The first kappa shape index (κ1) is 16.6. The molecule has 0 bridgehead atoms. The molecule has 1 aliphatic heterocycles. The summed E-state index contributed by atoms with van der Waals surface area (Å²) < 4.78 is 5.25. The van der Waals surface area contributed by atoms with Crippen molar-refractivity contribution in [2.24, 2.45) is 4.99 Å². The van der Waals surface area contributed by atoms with Crippen molar-refractivity contribution in [3.8, 4) is 0 Å². The highest BCUT2D eigenvalue weighted by Crippen LogP contribution is 2.20. The van der Waals surface area contributed by atoms with E-state index < -0.39 is 5.97 Å². The molecule has 5 heteroatoms. The molecule has 0 aliphatic carbocycles. The Bertz CT molecular complexity index is 863. The third kappa shape index (κ3) is 4.01. The van der Waals surface area contributed by atoms with Crippen molar-refractivity contribution in [1.82, 2.24) is 0 Å². The van der Waals surface area contributed by atoms with Crippen LogP contribution in [0.25, 0.3) is 6.08 Å². The van der Waals surface area contributed by atoms with Crippen LogP contribution >= 0.6 is 0 Å². The second-order valence-corrected chi connectivity index (χ2v) is 5.69. The highest BCUT2D eigenvalue weighted by Gasteiger charge is 2.24. The summed E-state index contributed by atoms with van der Waals surface area (Å²) in [6.45, 7) is 3.54. The van der Waals surface area contributed by atoms with Gasteiger partial charge in [-0.1, -0.05) is 31.2 Å². The number of carbonyl (C=O) groups excluding carboxylic acids is 2. The zero-order valence-corrected chi connectivity index (χ0v) is 14.1. The van der Waals surface area contributed by atoms with Gasteiger partial charge in [-0.25, -0.2) is 9.79 Å². The zero-order chi connectivity index (χ0) is 17.8. The normalized spacial score (nSPS) is 15.0. The third-order valence-electron chi connectivity index (χ3n) is 3.76. The lowest BCUT2D eigenvalue weighted by atomic mass is 10.1. The van der Waals surface area contributed by atoms with Crippen molar-refractivity contribution in [2.75, 3.05) is 5.32 Å². The minimum Gasteiger partial charge on any atom is -0.402 e. The first-order valence-corrected chi connectivity index (χ1v) is 8.04. The van der Waals surface area contributed by atoms with Gasteiger partial charge in [0, 0.05) is 18.2 Å². The third-order valence-corrected chi connectivity index (χ3v) is 3.76. The van der Waals surface area contributed by atoms with Crippen molar-refractivity contribution >= 4 is 29.5 Å². The van der Waals surface area contributed by atoms with Crippen molar-refractivity contribution in [3.63, 3.8) is 0 Å². The molecule has 0 unspecified atom stereocenters. The number of esters is 1. The van der Waals surface area contributed by atoms with E-state index in [0.29, 0.717) is 11.3 Å². The number of carbonyl (C=O) groups is 2. The van der Waals surface area contributed by atoms with Gasteiger partial charge in [0.15, 0.2) is 5.70 Å². The molecule has 2 aromatic carbocycles. The zero-order valence-electron chi connectivity index (χ0n) is 14.1. The van der Waals surface area contributed by atoms with Gasteiger partial charge in [0.25, 0.3) is 0 Å². The topological polar surface area (TPSA) is 67.8 Å². The van der Waals surface area contributed by atoms with E-state index in [4.69, 9.17) is 4.74 Å². The number of anilines is 1. The fourth-order valence-corrected chi connectivity index (χ4v) is 2.44. The number of nitrogens with zero attached hydrogens (tertiary/aromatic N) is 1. The van der Waals surface area contributed by atoms with Crippen LogP contribution in [-0.4, -0.2) is 17.8 Å². The van der Waals surface area contributed by atoms with Crippen LogP contribution in [-0.2, 0) is 20.7 Å². The number of hydrogen-bond acceptors (Lipinski definition) is 4. The molecular weight excluding hydrogens is 316 g/mol. The molecule has 3 rings (SSSR count). The summed E-state index contributed by atoms with van der Waals surface area (Å²) in [5.41, 5.74) is 3.75. The average molecular weight is 334 g/mol. The molecule has 0 saturated heterocycles. The molecule has 1 N–H and O–H groups in total. The Labute approximate surface area is 146 Å². The summed E-state index contributed by atoms with van der Waals surface area (Å²) in [5.74, 6) is -0.354.